The van der Waals surface area contributed by atoms with E-state index >= 15 is 0 Å². The van der Waals surface area contributed by atoms with Gasteiger partial charge in [0.05, 0.1) is 4.90 Å². The van der Waals surface area contributed by atoms with E-state index in [-0.39, 0.29) is 10.8 Å². The quantitative estimate of drug-likeness (QED) is 0.769. The van der Waals surface area contributed by atoms with E-state index in [9.17, 15) is 13.2 Å². The Morgan fingerprint density at radius 2 is 1.93 bits per heavy atom. The third kappa shape index (κ3) is 4.76. The zero-order valence-electron chi connectivity index (χ0n) is 16.4. The Morgan fingerprint density at radius 1 is 1.21 bits per heavy atom. The fourth-order valence-corrected chi connectivity index (χ4v) is 5.88. The number of anilines is 1. The van der Waals surface area contributed by atoms with Crippen LogP contribution in [-0.4, -0.2) is 41.9 Å². The Hall–Kier alpha value is -1.84. The van der Waals surface area contributed by atoms with E-state index in [0.29, 0.717) is 35.3 Å². The molecule has 1 aromatic carbocycles. The van der Waals surface area contributed by atoms with Gasteiger partial charge in [-0.25, -0.2) is 8.42 Å². The van der Waals surface area contributed by atoms with Crippen molar-refractivity contribution in [3.63, 3.8) is 0 Å². The molecule has 0 spiro atoms. The highest BCUT2D eigenvalue weighted by Crippen LogP contribution is 2.25. The molecule has 0 aliphatic carbocycles. The Kier molecular flexibility index (Phi) is 6.47. The molecule has 0 unspecified atom stereocenters. The molecule has 1 amide bonds. The molecule has 1 aromatic heterocycles. The van der Waals surface area contributed by atoms with Crippen LogP contribution in [0.4, 0.5) is 5.13 Å². The summed E-state index contributed by atoms with van der Waals surface area (Å²) in [6.45, 7) is 7.00. The van der Waals surface area contributed by atoms with Crippen molar-refractivity contribution in [1.29, 1.82) is 0 Å². The predicted molar refractivity (Wildman–Crippen MR) is 110 cm³/mol. The minimum Gasteiger partial charge on any atom is -0.296 e. The number of hydrogen-bond donors (Lipinski definition) is 1. The first-order valence-corrected chi connectivity index (χ1v) is 11.8. The Morgan fingerprint density at radius 3 is 2.61 bits per heavy atom. The molecule has 0 bridgehead atoms. The molecule has 2 heterocycles. The van der Waals surface area contributed by atoms with Gasteiger partial charge in [0.25, 0.3) is 5.91 Å². The molecule has 1 aliphatic heterocycles. The molecule has 0 radical (unpaired) electrons. The standard InChI is InChI=1S/C19H26N4O3S2/c1-13(2)11-17-21-22-19(27-17)20-18(24)15-8-7-14(3)16(12-15)28(25,26)23-9-5-4-6-10-23/h7-8,12-13H,4-6,9-11H2,1-3H3,(H,20,22,24). The van der Waals surface area contributed by atoms with Gasteiger partial charge < -0.3 is 0 Å². The molecule has 0 saturated carbocycles. The maximum absolute atomic E-state index is 13.0. The molecule has 0 atom stereocenters. The van der Waals surface area contributed by atoms with E-state index in [1.54, 1.807) is 19.1 Å². The number of aromatic nitrogens is 2. The molecule has 1 N–H and O–H groups in total. The molecule has 28 heavy (non-hydrogen) atoms. The highest BCUT2D eigenvalue weighted by Gasteiger charge is 2.28. The smallest absolute Gasteiger partial charge is 0.257 e. The lowest BCUT2D eigenvalue weighted by molar-refractivity contribution is 0.102. The molecular weight excluding hydrogens is 396 g/mol. The first-order chi connectivity index (χ1) is 13.3. The number of nitrogens with one attached hydrogen (secondary N) is 1. The molecule has 2 aromatic rings. The maximum Gasteiger partial charge on any atom is 0.257 e. The lowest BCUT2D eigenvalue weighted by atomic mass is 10.1. The van der Waals surface area contributed by atoms with Crippen molar-refractivity contribution in [2.24, 2.45) is 5.92 Å². The van der Waals surface area contributed by atoms with Crippen LogP contribution < -0.4 is 5.32 Å². The van der Waals surface area contributed by atoms with Gasteiger partial charge in [-0.3, -0.25) is 10.1 Å². The van der Waals surface area contributed by atoms with E-state index in [1.165, 1.54) is 21.7 Å². The van der Waals surface area contributed by atoms with Gasteiger partial charge in [0, 0.05) is 25.1 Å². The second kappa shape index (κ2) is 8.67. The van der Waals surface area contributed by atoms with Crippen molar-refractivity contribution in [2.75, 3.05) is 18.4 Å². The molecule has 9 heteroatoms. The summed E-state index contributed by atoms with van der Waals surface area (Å²) in [4.78, 5) is 12.8. The summed E-state index contributed by atoms with van der Waals surface area (Å²) in [5.41, 5.74) is 0.930. The summed E-state index contributed by atoms with van der Waals surface area (Å²) in [5.74, 6) is 0.0680. The first kappa shape index (κ1) is 20.9. The van der Waals surface area contributed by atoms with E-state index in [1.807, 2.05) is 0 Å². The summed E-state index contributed by atoms with van der Waals surface area (Å²) in [6, 6.07) is 4.77. The molecule has 1 saturated heterocycles. The van der Waals surface area contributed by atoms with Crippen LogP contribution in [0.3, 0.4) is 0 Å². The highest BCUT2D eigenvalue weighted by molar-refractivity contribution is 7.89. The summed E-state index contributed by atoms with van der Waals surface area (Å²) >= 11 is 1.34. The highest BCUT2D eigenvalue weighted by atomic mass is 32.2. The van der Waals surface area contributed by atoms with Crippen molar-refractivity contribution in [3.8, 4) is 0 Å². The van der Waals surface area contributed by atoms with Gasteiger partial charge in [-0.2, -0.15) is 4.31 Å². The summed E-state index contributed by atoms with van der Waals surface area (Å²) in [6.07, 6.45) is 3.59. The molecular formula is C19H26N4O3S2. The normalized spacial score (nSPS) is 15.7. The van der Waals surface area contributed by atoms with Crippen LogP contribution in [0.25, 0.3) is 0 Å². The van der Waals surface area contributed by atoms with Crippen molar-refractivity contribution in [2.45, 2.75) is 51.3 Å². The minimum absolute atomic E-state index is 0.194. The molecule has 7 nitrogen and oxygen atoms in total. The number of carbonyl (C=O) groups is 1. The summed E-state index contributed by atoms with van der Waals surface area (Å²) in [5, 5.41) is 12.1. The first-order valence-electron chi connectivity index (χ1n) is 9.52. The average molecular weight is 423 g/mol. The summed E-state index contributed by atoms with van der Waals surface area (Å²) < 4.78 is 27.6. The lowest BCUT2D eigenvalue weighted by Gasteiger charge is -2.26. The zero-order chi connectivity index (χ0) is 20.3. The van der Waals surface area contributed by atoms with Crippen LogP contribution in [0.2, 0.25) is 0 Å². The number of piperidine rings is 1. The Bertz CT molecular complexity index is 948. The van der Waals surface area contributed by atoms with E-state index in [2.05, 4.69) is 29.4 Å². The second-order valence-electron chi connectivity index (χ2n) is 7.50. The topological polar surface area (TPSA) is 92.3 Å². The predicted octanol–water partition coefficient (Wildman–Crippen LogP) is 3.47. The second-order valence-corrected chi connectivity index (χ2v) is 10.5. The van der Waals surface area contributed by atoms with Crippen LogP contribution in [-0.2, 0) is 16.4 Å². The monoisotopic (exact) mass is 422 g/mol. The van der Waals surface area contributed by atoms with Crippen LogP contribution in [0, 0.1) is 12.8 Å². The average Bonchev–Trinajstić information content (AvgIpc) is 3.08. The zero-order valence-corrected chi connectivity index (χ0v) is 18.1. The molecule has 3 rings (SSSR count). The molecule has 152 valence electrons. The van der Waals surface area contributed by atoms with Crippen molar-refractivity contribution in [1.82, 2.24) is 14.5 Å². The van der Waals surface area contributed by atoms with Crippen molar-refractivity contribution >= 4 is 32.4 Å². The van der Waals surface area contributed by atoms with E-state index in [0.717, 1.165) is 30.7 Å². The lowest BCUT2D eigenvalue weighted by Crippen LogP contribution is -2.36. The van der Waals surface area contributed by atoms with Gasteiger partial charge >= 0.3 is 0 Å². The fraction of sp³-hybridized carbons (Fsp3) is 0.526. The Balaban J connectivity index is 1.80. The fourth-order valence-electron chi connectivity index (χ4n) is 3.17. The number of nitrogens with zero attached hydrogens (tertiary/aromatic N) is 3. The molecule has 1 fully saturated rings. The number of carbonyl (C=O) groups excluding carboxylic acids is 1. The SMILES string of the molecule is Cc1ccc(C(=O)Nc2nnc(CC(C)C)s2)cc1S(=O)(=O)N1CCCCC1. The largest absolute Gasteiger partial charge is 0.296 e. The van der Waals surface area contributed by atoms with E-state index in [4.69, 9.17) is 0 Å². The van der Waals surface area contributed by atoms with Gasteiger partial charge in [-0.1, -0.05) is 37.7 Å². The van der Waals surface area contributed by atoms with Gasteiger partial charge in [-0.05, 0) is 43.4 Å². The van der Waals surface area contributed by atoms with Gasteiger partial charge in [-0.15, -0.1) is 10.2 Å². The number of rotatable bonds is 6. The van der Waals surface area contributed by atoms with Gasteiger partial charge in [0.15, 0.2) is 0 Å². The van der Waals surface area contributed by atoms with Crippen LogP contribution in [0.5, 0.6) is 0 Å². The van der Waals surface area contributed by atoms with Crippen molar-refractivity contribution < 1.29 is 13.2 Å². The summed E-state index contributed by atoms with van der Waals surface area (Å²) in [7, 11) is -3.60. The third-order valence-corrected chi connectivity index (χ3v) is 7.55. The van der Waals surface area contributed by atoms with Crippen molar-refractivity contribution in [3.05, 3.63) is 34.3 Å². The molecule has 1 aliphatic rings. The number of sulfonamides is 1. The number of hydrogen-bond acceptors (Lipinski definition) is 6. The van der Waals surface area contributed by atoms with Crippen LogP contribution >= 0.6 is 11.3 Å². The minimum atomic E-state index is -3.60. The third-order valence-electron chi connectivity index (χ3n) is 4.65. The van der Waals surface area contributed by atoms with Crippen LogP contribution in [0.15, 0.2) is 23.1 Å². The number of benzene rings is 1. The van der Waals surface area contributed by atoms with E-state index < -0.39 is 10.0 Å². The number of aryl methyl sites for hydroxylation is 1. The Labute approximate surface area is 170 Å². The van der Waals surface area contributed by atoms with Crippen LogP contribution in [0.1, 0.15) is 54.0 Å². The maximum atomic E-state index is 13.0. The number of amides is 1. The van der Waals surface area contributed by atoms with Gasteiger partial charge in [0.1, 0.15) is 5.01 Å². The van der Waals surface area contributed by atoms with Gasteiger partial charge in [0.2, 0.25) is 15.2 Å².